The summed E-state index contributed by atoms with van der Waals surface area (Å²) in [6.45, 7) is 6.85. The maximum Gasteiger partial charge on any atom is 0.242 e. The molecule has 0 spiro atoms. The van der Waals surface area contributed by atoms with Crippen LogP contribution in [0.1, 0.15) is 26.3 Å². The molecule has 0 aliphatic carbocycles. The van der Waals surface area contributed by atoms with Gasteiger partial charge in [-0.05, 0) is 30.0 Å². The number of amides is 2. The Morgan fingerprint density at radius 1 is 1.17 bits per heavy atom. The number of carbonyl (C=O) groups is 2. The molecule has 1 aromatic rings. The fourth-order valence-electron chi connectivity index (χ4n) is 2.44. The molecule has 0 aromatic heterocycles. The first-order valence-electron chi connectivity index (χ1n) is 7.90. The van der Waals surface area contributed by atoms with E-state index in [4.69, 9.17) is 9.47 Å². The van der Waals surface area contributed by atoms with Gasteiger partial charge in [-0.15, -0.1) is 0 Å². The van der Waals surface area contributed by atoms with E-state index in [1.54, 1.807) is 0 Å². The summed E-state index contributed by atoms with van der Waals surface area (Å²) >= 11 is 0. The van der Waals surface area contributed by atoms with Crippen LogP contribution in [-0.4, -0.2) is 37.6 Å². The SMILES string of the molecule is CC(=O)N[C@H](C(=O)NCCc1ccc2c(c1)OCCO2)C(C)C. The largest absolute Gasteiger partial charge is 0.486 e. The molecule has 23 heavy (non-hydrogen) atoms. The maximum absolute atomic E-state index is 12.2. The zero-order chi connectivity index (χ0) is 16.8. The van der Waals surface area contributed by atoms with E-state index in [1.807, 2.05) is 32.0 Å². The lowest BCUT2D eigenvalue weighted by Crippen LogP contribution is -2.49. The molecule has 2 rings (SSSR count). The van der Waals surface area contributed by atoms with E-state index < -0.39 is 6.04 Å². The second-order valence-corrected chi connectivity index (χ2v) is 5.94. The fourth-order valence-corrected chi connectivity index (χ4v) is 2.44. The first kappa shape index (κ1) is 17.1. The second kappa shape index (κ2) is 7.85. The summed E-state index contributed by atoms with van der Waals surface area (Å²) in [4.78, 5) is 23.4. The molecule has 126 valence electrons. The quantitative estimate of drug-likeness (QED) is 0.828. The van der Waals surface area contributed by atoms with Gasteiger partial charge in [-0.1, -0.05) is 19.9 Å². The van der Waals surface area contributed by atoms with E-state index in [0.717, 1.165) is 17.1 Å². The summed E-state index contributed by atoms with van der Waals surface area (Å²) in [5.41, 5.74) is 1.06. The topological polar surface area (TPSA) is 76.7 Å². The number of hydrogen-bond acceptors (Lipinski definition) is 4. The molecule has 2 N–H and O–H groups in total. The van der Waals surface area contributed by atoms with Crippen molar-refractivity contribution < 1.29 is 19.1 Å². The number of hydrogen-bond donors (Lipinski definition) is 2. The van der Waals surface area contributed by atoms with Gasteiger partial charge in [-0.25, -0.2) is 0 Å². The van der Waals surface area contributed by atoms with E-state index in [0.29, 0.717) is 26.2 Å². The van der Waals surface area contributed by atoms with Crippen molar-refractivity contribution >= 4 is 11.8 Å². The average molecular weight is 320 g/mol. The van der Waals surface area contributed by atoms with Crippen LogP contribution in [0.5, 0.6) is 11.5 Å². The molecule has 0 unspecified atom stereocenters. The molecule has 1 aliphatic rings. The molecule has 6 heteroatoms. The molecular formula is C17H24N2O4. The minimum Gasteiger partial charge on any atom is -0.486 e. The molecular weight excluding hydrogens is 296 g/mol. The lowest BCUT2D eigenvalue weighted by atomic mass is 10.0. The van der Waals surface area contributed by atoms with Gasteiger partial charge >= 0.3 is 0 Å². The maximum atomic E-state index is 12.2. The summed E-state index contributed by atoms with van der Waals surface area (Å²) in [6.07, 6.45) is 0.688. The Labute approximate surface area is 136 Å². The molecule has 0 bridgehead atoms. The van der Waals surface area contributed by atoms with Gasteiger partial charge in [0.1, 0.15) is 19.3 Å². The lowest BCUT2D eigenvalue weighted by molar-refractivity contribution is -0.129. The van der Waals surface area contributed by atoms with Crippen LogP contribution in [0.4, 0.5) is 0 Å². The Morgan fingerprint density at radius 2 is 1.87 bits per heavy atom. The third-order valence-electron chi connectivity index (χ3n) is 3.63. The lowest BCUT2D eigenvalue weighted by Gasteiger charge is -2.21. The van der Waals surface area contributed by atoms with Gasteiger partial charge in [0.15, 0.2) is 11.5 Å². The van der Waals surface area contributed by atoms with Crippen molar-refractivity contribution in [1.82, 2.24) is 10.6 Å². The van der Waals surface area contributed by atoms with Gasteiger partial charge in [0.2, 0.25) is 11.8 Å². The zero-order valence-electron chi connectivity index (χ0n) is 13.8. The van der Waals surface area contributed by atoms with Gasteiger partial charge in [0.05, 0.1) is 0 Å². The van der Waals surface area contributed by atoms with Crippen molar-refractivity contribution in [2.24, 2.45) is 5.92 Å². The summed E-state index contributed by atoms with van der Waals surface area (Å²) in [6, 6.07) is 5.29. The molecule has 1 heterocycles. The average Bonchev–Trinajstić information content (AvgIpc) is 2.52. The summed E-state index contributed by atoms with van der Waals surface area (Å²) in [7, 11) is 0. The van der Waals surface area contributed by atoms with Gasteiger partial charge in [0, 0.05) is 13.5 Å². The fraction of sp³-hybridized carbons (Fsp3) is 0.529. The van der Waals surface area contributed by atoms with Gasteiger partial charge in [0.25, 0.3) is 0 Å². The highest BCUT2D eigenvalue weighted by molar-refractivity contribution is 5.87. The van der Waals surface area contributed by atoms with Crippen molar-refractivity contribution in [2.45, 2.75) is 33.2 Å². The molecule has 0 radical (unpaired) electrons. The van der Waals surface area contributed by atoms with Crippen LogP contribution in [0.3, 0.4) is 0 Å². The van der Waals surface area contributed by atoms with Crippen molar-refractivity contribution in [1.29, 1.82) is 0 Å². The Morgan fingerprint density at radius 3 is 2.52 bits per heavy atom. The van der Waals surface area contributed by atoms with E-state index >= 15 is 0 Å². The van der Waals surface area contributed by atoms with Crippen molar-refractivity contribution in [3.05, 3.63) is 23.8 Å². The van der Waals surface area contributed by atoms with E-state index in [1.165, 1.54) is 6.92 Å². The van der Waals surface area contributed by atoms with Crippen molar-refractivity contribution in [3.63, 3.8) is 0 Å². The second-order valence-electron chi connectivity index (χ2n) is 5.94. The van der Waals surface area contributed by atoms with Crippen LogP contribution in [0.25, 0.3) is 0 Å². The number of rotatable bonds is 6. The third-order valence-corrected chi connectivity index (χ3v) is 3.63. The Bertz CT molecular complexity index is 572. The number of benzene rings is 1. The first-order chi connectivity index (χ1) is 11.0. The highest BCUT2D eigenvalue weighted by Crippen LogP contribution is 2.30. The van der Waals surface area contributed by atoms with Gasteiger partial charge in [-0.3, -0.25) is 9.59 Å². The molecule has 0 saturated heterocycles. The van der Waals surface area contributed by atoms with Crippen LogP contribution in [-0.2, 0) is 16.0 Å². The minimum absolute atomic E-state index is 0.0354. The number of carbonyl (C=O) groups excluding carboxylic acids is 2. The monoisotopic (exact) mass is 320 g/mol. The van der Waals surface area contributed by atoms with Crippen molar-refractivity contribution in [3.8, 4) is 11.5 Å². The van der Waals surface area contributed by atoms with Crippen LogP contribution >= 0.6 is 0 Å². The molecule has 1 aliphatic heterocycles. The molecule has 1 atom stereocenters. The van der Waals surface area contributed by atoms with Crippen LogP contribution in [0, 0.1) is 5.92 Å². The molecule has 0 fully saturated rings. The first-order valence-corrected chi connectivity index (χ1v) is 7.90. The summed E-state index contributed by atoms with van der Waals surface area (Å²) < 4.78 is 11.0. The smallest absolute Gasteiger partial charge is 0.242 e. The molecule has 6 nitrogen and oxygen atoms in total. The Kier molecular flexibility index (Phi) is 5.84. The minimum atomic E-state index is -0.507. The van der Waals surface area contributed by atoms with Crippen LogP contribution < -0.4 is 20.1 Å². The number of ether oxygens (including phenoxy) is 2. The standard InChI is InChI=1S/C17H24N2O4/c1-11(2)16(19-12(3)20)17(21)18-7-6-13-4-5-14-15(10-13)23-9-8-22-14/h4-5,10-11,16H,6-9H2,1-3H3,(H,18,21)(H,19,20)/t16-/m0/s1. The third kappa shape index (κ3) is 4.87. The van der Waals surface area contributed by atoms with E-state index in [2.05, 4.69) is 10.6 Å². The normalized spacial score (nSPS) is 14.3. The molecule has 2 amide bonds. The predicted octanol–water partition coefficient (Wildman–Crippen LogP) is 1.28. The van der Waals surface area contributed by atoms with E-state index in [9.17, 15) is 9.59 Å². The van der Waals surface area contributed by atoms with E-state index in [-0.39, 0.29) is 17.7 Å². The predicted molar refractivity (Wildman–Crippen MR) is 86.6 cm³/mol. The van der Waals surface area contributed by atoms with Gasteiger partial charge < -0.3 is 20.1 Å². The highest BCUT2D eigenvalue weighted by Gasteiger charge is 2.22. The number of nitrogens with one attached hydrogen (secondary N) is 2. The highest BCUT2D eigenvalue weighted by atomic mass is 16.6. The Hall–Kier alpha value is -2.24. The molecule has 0 saturated carbocycles. The molecule has 1 aromatic carbocycles. The van der Waals surface area contributed by atoms with Crippen LogP contribution in [0.2, 0.25) is 0 Å². The number of fused-ring (bicyclic) bond motifs is 1. The zero-order valence-corrected chi connectivity index (χ0v) is 13.8. The summed E-state index contributed by atoms with van der Waals surface area (Å²) in [5, 5.41) is 5.55. The Balaban J connectivity index is 1.86. The van der Waals surface area contributed by atoms with Gasteiger partial charge in [-0.2, -0.15) is 0 Å². The van der Waals surface area contributed by atoms with Crippen LogP contribution in [0.15, 0.2) is 18.2 Å². The van der Waals surface area contributed by atoms with Crippen molar-refractivity contribution in [2.75, 3.05) is 19.8 Å². The summed E-state index contributed by atoms with van der Waals surface area (Å²) in [5.74, 6) is 1.18.